The predicted octanol–water partition coefficient (Wildman–Crippen LogP) is 2.74. The molecule has 0 unspecified atom stereocenters. The molecule has 1 spiro atoms. The molecule has 0 heterocycles. The van der Waals surface area contributed by atoms with Gasteiger partial charge >= 0.3 is 0 Å². The highest BCUT2D eigenvalue weighted by molar-refractivity contribution is 5.34. The molecule has 1 aromatic rings. The Hall–Kier alpha value is -0.960. The van der Waals surface area contributed by atoms with Gasteiger partial charge in [-0.1, -0.05) is 0 Å². The Morgan fingerprint density at radius 3 is 2.06 bits per heavy atom. The zero-order valence-corrected chi connectivity index (χ0v) is 9.10. The van der Waals surface area contributed by atoms with E-state index in [0.29, 0.717) is 12.0 Å². The second-order valence-corrected chi connectivity index (χ2v) is 5.50. The maximum absolute atomic E-state index is 13.2. The SMILES string of the molecule is NCC1(c2cc(F)cc(F)c2)CC2(CC2)C1. The van der Waals surface area contributed by atoms with E-state index < -0.39 is 11.6 Å². The zero-order valence-electron chi connectivity index (χ0n) is 9.10. The van der Waals surface area contributed by atoms with Crippen LogP contribution in [0.25, 0.3) is 0 Å². The molecule has 0 aromatic heterocycles. The molecule has 1 nitrogen and oxygen atoms in total. The summed E-state index contributed by atoms with van der Waals surface area (Å²) in [5.41, 5.74) is 6.85. The summed E-state index contributed by atoms with van der Waals surface area (Å²) in [6, 6.07) is 3.79. The van der Waals surface area contributed by atoms with Crippen molar-refractivity contribution in [1.29, 1.82) is 0 Å². The van der Waals surface area contributed by atoms with Crippen molar-refractivity contribution in [2.45, 2.75) is 31.1 Å². The molecule has 0 atom stereocenters. The maximum atomic E-state index is 13.2. The predicted molar refractivity (Wildman–Crippen MR) is 58.0 cm³/mol. The Morgan fingerprint density at radius 2 is 1.62 bits per heavy atom. The molecule has 2 fully saturated rings. The lowest BCUT2D eigenvalue weighted by molar-refractivity contribution is 0.125. The molecule has 0 radical (unpaired) electrons. The summed E-state index contributed by atoms with van der Waals surface area (Å²) in [7, 11) is 0. The van der Waals surface area contributed by atoms with Gasteiger partial charge in [-0.2, -0.15) is 0 Å². The van der Waals surface area contributed by atoms with Crippen molar-refractivity contribution < 1.29 is 8.78 Å². The molecular weight excluding hydrogens is 208 g/mol. The molecule has 3 heteroatoms. The molecule has 16 heavy (non-hydrogen) atoms. The minimum atomic E-state index is -0.500. The number of rotatable bonds is 2. The Kier molecular flexibility index (Phi) is 1.94. The van der Waals surface area contributed by atoms with E-state index in [0.717, 1.165) is 24.5 Å². The topological polar surface area (TPSA) is 26.0 Å². The molecule has 2 aliphatic rings. The molecule has 2 aliphatic carbocycles. The van der Waals surface area contributed by atoms with Crippen LogP contribution in [0.1, 0.15) is 31.2 Å². The van der Waals surface area contributed by atoms with Crippen molar-refractivity contribution in [2.24, 2.45) is 11.1 Å². The summed E-state index contributed by atoms with van der Waals surface area (Å²) in [5.74, 6) is -1.00. The van der Waals surface area contributed by atoms with Gasteiger partial charge in [-0.3, -0.25) is 0 Å². The van der Waals surface area contributed by atoms with Crippen molar-refractivity contribution in [2.75, 3.05) is 6.54 Å². The van der Waals surface area contributed by atoms with E-state index in [2.05, 4.69) is 0 Å². The van der Waals surface area contributed by atoms with Gasteiger partial charge < -0.3 is 5.73 Å². The molecule has 1 aromatic carbocycles. The van der Waals surface area contributed by atoms with Crippen LogP contribution in [0, 0.1) is 17.0 Å². The number of hydrogen-bond donors (Lipinski definition) is 1. The van der Waals surface area contributed by atoms with Crippen LogP contribution in [0.2, 0.25) is 0 Å². The van der Waals surface area contributed by atoms with E-state index in [9.17, 15) is 8.78 Å². The number of benzene rings is 1. The first kappa shape index (κ1) is 10.2. The second-order valence-electron chi connectivity index (χ2n) is 5.50. The van der Waals surface area contributed by atoms with Crippen molar-refractivity contribution in [3.05, 3.63) is 35.4 Å². The average Bonchev–Trinajstić information content (AvgIpc) is 2.92. The fourth-order valence-corrected chi connectivity index (χ4v) is 3.24. The van der Waals surface area contributed by atoms with Gasteiger partial charge in [0.1, 0.15) is 11.6 Å². The van der Waals surface area contributed by atoms with Crippen LogP contribution in [0.5, 0.6) is 0 Å². The second kappa shape index (κ2) is 3.04. The largest absolute Gasteiger partial charge is 0.330 e. The Labute approximate surface area is 93.6 Å². The first-order valence-corrected chi connectivity index (χ1v) is 5.74. The third-order valence-corrected chi connectivity index (χ3v) is 4.25. The lowest BCUT2D eigenvalue weighted by atomic mass is 9.56. The number of halogens is 2. The molecule has 3 rings (SSSR count). The van der Waals surface area contributed by atoms with Crippen LogP contribution in [0.15, 0.2) is 18.2 Å². The first-order valence-electron chi connectivity index (χ1n) is 5.74. The first-order chi connectivity index (χ1) is 7.57. The summed E-state index contributed by atoms with van der Waals surface area (Å²) in [4.78, 5) is 0. The normalized spacial score (nSPS) is 24.2. The highest BCUT2D eigenvalue weighted by atomic mass is 19.1. The van der Waals surface area contributed by atoms with Crippen LogP contribution in [-0.4, -0.2) is 6.54 Å². The molecule has 0 amide bonds. The Morgan fingerprint density at radius 1 is 1.06 bits per heavy atom. The number of nitrogens with two attached hydrogens (primary N) is 1. The van der Waals surface area contributed by atoms with Crippen molar-refractivity contribution in [1.82, 2.24) is 0 Å². The lowest BCUT2D eigenvalue weighted by Crippen LogP contribution is -2.48. The third-order valence-electron chi connectivity index (χ3n) is 4.25. The molecule has 0 bridgehead atoms. The maximum Gasteiger partial charge on any atom is 0.126 e. The fourth-order valence-electron chi connectivity index (χ4n) is 3.24. The van der Waals surface area contributed by atoms with Gasteiger partial charge in [0.05, 0.1) is 0 Å². The van der Waals surface area contributed by atoms with E-state index in [-0.39, 0.29) is 5.41 Å². The Balaban J connectivity index is 1.95. The van der Waals surface area contributed by atoms with Crippen molar-refractivity contribution in [3.8, 4) is 0 Å². The standard InChI is InChI=1S/C13H15F2N/c14-10-3-9(4-11(15)5-10)13(8-16)6-12(7-13)1-2-12/h3-5H,1-2,6-8,16H2. The minimum absolute atomic E-state index is 0.167. The van der Waals surface area contributed by atoms with E-state index >= 15 is 0 Å². The molecular formula is C13H15F2N. The molecule has 2 saturated carbocycles. The van der Waals surface area contributed by atoms with E-state index in [4.69, 9.17) is 5.73 Å². The molecule has 0 saturated heterocycles. The van der Waals surface area contributed by atoms with Crippen molar-refractivity contribution in [3.63, 3.8) is 0 Å². The van der Waals surface area contributed by atoms with Gasteiger partial charge in [-0.05, 0) is 48.8 Å². The lowest BCUT2D eigenvalue weighted by Gasteiger charge is -2.48. The summed E-state index contributed by atoms with van der Waals surface area (Å²) in [6.45, 7) is 0.484. The minimum Gasteiger partial charge on any atom is -0.330 e. The number of hydrogen-bond acceptors (Lipinski definition) is 1. The monoisotopic (exact) mass is 223 g/mol. The molecule has 0 aliphatic heterocycles. The van der Waals surface area contributed by atoms with Gasteiger partial charge in [0.25, 0.3) is 0 Å². The van der Waals surface area contributed by atoms with Gasteiger partial charge in [-0.15, -0.1) is 0 Å². The van der Waals surface area contributed by atoms with E-state index in [1.165, 1.54) is 25.0 Å². The summed E-state index contributed by atoms with van der Waals surface area (Å²) in [5, 5.41) is 0. The van der Waals surface area contributed by atoms with Crippen LogP contribution in [0.3, 0.4) is 0 Å². The van der Waals surface area contributed by atoms with Gasteiger partial charge in [0.15, 0.2) is 0 Å². The zero-order chi connectivity index (χ0) is 11.4. The quantitative estimate of drug-likeness (QED) is 0.819. The average molecular weight is 223 g/mol. The molecule has 2 N–H and O–H groups in total. The summed E-state index contributed by atoms with van der Waals surface area (Å²) >= 11 is 0. The van der Waals surface area contributed by atoms with Crippen molar-refractivity contribution >= 4 is 0 Å². The summed E-state index contributed by atoms with van der Waals surface area (Å²) in [6.07, 6.45) is 4.51. The van der Waals surface area contributed by atoms with Crippen LogP contribution < -0.4 is 5.73 Å². The third kappa shape index (κ3) is 1.38. The van der Waals surface area contributed by atoms with Crippen LogP contribution >= 0.6 is 0 Å². The fraction of sp³-hybridized carbons (Fsp3) is 0.538. The summed E-state index contributed by atoms with van der Waals surface area (Å²) < 4.78 is 26.4. The van der Waals surface area contributed by atoms with Crippen LogP contribution in [-0.2, 0) is 5.41 Å². The highest BCUT2D eigenvalue weighted by Crippen LogP contribution is 2.68. The van der Waals surface area contributed by atoms with Gasteiger partial charge in [0.2, 0.25) is 0 Å². The van der Waals surface area contributed by atoms with E-state index in [1.807, 2.05) is 0 Å². The Bertz CT molecular complexity index is 409. The molecule has 86 valence electrons. The van der Waals surface area contributed by atoms with E-state index in [1.54, 1.807) is 0 Å². The van der Waals surface area contributed by atoms with Gasteiger partial charge in [-0.25, -0.2) is 8.78 Å². The smallest absolute Gasteiger partial charge is 0.126 e. The highest BCUT2D eigenvalue weighted by Gasteiger charge is 2.60. The van der Waals surface area contributed by atoms with Gasteiger partial charge in [0, 0.05) is 18.0 Å². The van der Waals surface area contributed by atoms with Crippen LogP contribution in [0.4, 0.5) is 8.78 Å².